The van der Waals surface area contributed by atoms with Gasteiger partial charge in [-0.15, -0.1) is 22.7 Å². The van der Waals surface area contributed by atoms with Crippen LogP contribution in [-0.2, 0) is 0 Å². The van der Waals surface area contributed by atoms with Gasteiger partial charge >= 0.3 is 0 Å². The van der Waals surface area contributed by atoms with Gasteiger partial charge in [0, 0.05) is 30.7 Å². The lowest BCUT2D eigenvalue weighted by atomic mass is 10.2. The first-order chi connectivity index (χ1) is 8.83. The van der Waals surface area contributed by atoms with E-state index in [0.717, 1.165) is 29.5 Å². The fourth-order valence-electron chi connectivity index (χ4n) is 2.09. The minimum absolute atomic E-state index is 0.0380. The van der Waals surface area contributed by atoms with Gasteiger partial charge < -0.3 is 10.2 Å². The monoisotopic (exact) mass is 279 g/mol. The predicted molar refractivity (Wildman–Crippen MR) is 74.5 cm³/mol. The number of anilines is 1. The van der Waals surface area contributed by atoms with E-state index in [0.29, 0.717) is 0 Å². The molecule has 6 heteroatoms. The molecular formula is C12H13N3OS2. The van der Waals surface area contributed by atoms with Gasteiger partial charge in [-0.1, -0.05) is 6.07 Å². The van der Waals surface area contributed by atoms with Crippen molar-refractivity contribution >= 4 is 33.7 Å². The third kappa shape index (κ3) is 2.39. The highest BCUT2D eigenvalue weighted by atomic mass is 32.1. The molecule has 0 aliphatic carbocycles. The van der Waals surface area contributed by atoms with E-state index in [1.165, 1.54) is 11.3 Å². The van der Waals surface area contributed by atoms with E-state index in [-0.39, 0.29) is 11.9 Å². The Bertz CT molecular complexity index is 509. The molecule has 0 radical (unpaired) electrons. The molecule has 1 fully saturated rings. The summed E-state index contributed by atoms with van der Waals surface area (Å²) in [7, 11) is 0. The highest BCUT2D eigenvalue weighted by Crippen LogP contribution is 2.22. The van der Waals surface area contributed by atoms with Crippen LogP contribution in [0.4, 0.5) is 5.13 Å². The highest BCUT2D eigenvalue weighted by molar-refractivity contribution is 7.13. The van der Waals surface area contributed by atoms with Crippen LogP contribution in [0, 0.1) is 0 Å². The van der Waals surface area contributed by atoms with Gasteiger partial charge in [-0.2, -0.15) is 0 Å². The Morgan fingerprint density at radius 1 is 1.44 bits per heavy atom. The third-order valence-corrected chi connectivity index (χ3v) is 4.66. The Kier molecular flexibility index (Phi) is 3.29. The minimum atomic E-state index is 0.0380. The van der Waals surface area contributed by atoms with E-state index in [4.69, 9.17) is 0 Å². The quantitative estimate of drug-likeness (QED) is 0.937. The average Bonchev–Trinajstić information content (AvgIpc) is 3.12. The molecule has 1 N–H and O–H groups in total. The van der Waals surface area contributed by atoms with E-state index in [9.17, 15) is 4.79 Å². The zero-order valence-corrected chi connectivity index (χ0v) is 11.3. The van der Waals surface area contributed by atoms with E-state index in [1.54, 1.807) is 11.3 Å². The number of hydrogen-bond donors (Lipinski definition) is 1. The molecule has 0 aromatic carbocycles. The lowest BCUT2D eigenvalue weighted by Gasteiger charge is -2.15. The van der Waals surface area contributed by atoms with Crippen molar-refractivity contribution in [2.24, 2.45) is 0 Å². The molecule has 3 rings (SSSR count). The molecule has 1 atom stereocenters. The first-order valence-electron chi connectivity index (χ1n) is 5.82. The summed E-state index contributed by atoms with van der Waals surface area (Å²) in [6, 6.07) is 3.98. The van der Waals surface area contributed by atoms with Crippen molar-refractivity contribution in [2.75, 3.05) is 18.0 Å². The second-order valence-corrected chi connectivity index (χ2v) is 6.02. The zero-order chi connectivity index (χ0) is 12.4. The Labute approximate surface area is 113 Å². The van der Waals surface area contributed by atoms with Crippen molar-refractivity contribution in [1.29, 1.82) is 0 Å². The molecule has 1 aliphatic heterocycles. The highest BCUT2D eigenvalue weighted by Gasteiger charge is 2.25. The number of amides is 1. The summed E-state index contributed by atoms with van der Waals surface area (Å²) in [5.74, 6) is 0.0380. The molecular weight excluding hydrogens is 266 g/mol. The number of thiophene rings is 1. The number of nitrogens with zero attached hydrogens (tertiary/aromatic N) is 2. The fourth-order valence-corrected chi connectivity index (χ4v) is 3.40. The van der Waals surface area contributed by atoms with Gasteiger partial charge in [0.1, 0.15) is 0 Å². The van der Waals surface area contributed by atoms with E-state index in [2.05, 4.69) is 15.2 Å². The Hall–Kier alpha value is -1.40. The lowest BCUT2D eigenvalue weighted by Crippen LogP contribution is -2.36. The van der Waals surface area contributed by atoms with Gasteiger partial charge in [0.05, 0.1) is 4.88 Å². The molecule has 0 spiro atoms. The molecule has 1 aliphatic rings. The standard InChI is InChI=1S/C12H13N3OS2/c16-11(10-2-1-6-17-10)14-9-3-5-15(8-9)12-13-4-7-18-12/h1-2,4,6-7,9H,3,5,8H2,(H,14,16). The summed E-state index contributed by atoms with van der Waals surface area (Å²) in [6.45, 7) is 1.81. The largest absolute Gasteiger partial charge is 0.347 e. The van der Waals surface area contributed by atoms with Crippen molar-refractivity contribution in [3.8, 4) is 0 Å². The second-order valence-electron chi connectivity index (χ2n) is 4.20. The molecule has 0 saturated carbocycles. The molecule has 18 heavy (non-hydrogen) atoms. The number of hydrogen-bond acceptors (Lipinski definition) is 5. The normalized spacial score (nSPS) is 19.1. The van der Waals surface area contributed by atoms with E-state index < -0.39 is 0 Å². The van der Waals surface area contributed by atoms with Crippen LogP contribution >= 0.6 is 22.7 Å². The van der Waals surface area contributed by atoms with Crippen LogP contribution in [0.5, 0.6) is 0 Å². The van der Waals surface area contributed by atoms with Gasteiger partial charge in [-0.3, -0.25) is 4.79 Å². The molecule has 1 unspecified atom stereocenters. The first kappa shape index (κ1) is 11.7. The van der Waals surface area contributed by atoms with Crippen molar-refractivity contribution in [3.63, 3.8) is 0 Å². The number of nitrogens with one attached hydrogen (secondary N) is 1. The zero-order valence-electron chi connectivity index (χ0n) is 9.70. The minimum Gasteiger partial charge on any atom is -0.347 e. The van der Waals surface area contributed by atoms with Gasteiger partial charge in [-0.25, -0.2) is 4.98 Å². The number of carbonyl (C=O) groups excluding carboxylic acids is 1. The average molecular weight is 279 g/mol. The van der Waals surface area contributed by atoms with Crippen molar-refractivity contribution in [1.82, 2.24) is 10.3 Å². The van der Waals surface area contributed by atoms with E-state index >= 15 is 0 Å². The SMILES string of the molecule is O=C(NC1CCN(c2nccs2)C1)c1cccs1. The van der Waals surface area contributed by atoms with Gasteiger partial charge in [0.15, 0.2) is 5.13 Å². The molecule has 0 bridgehead atoms. The number of carbonyl (C=O) groups is 1. The Balaban J connectivity index is 1.58. The van der Waals surface area contributed by atoms with Crippen LogP contribution in [0.3, 0.4) is 0 Å². The molecule has 1 saturated heterocycles. The van der Waals surface area contributed by atoms with Gasteiger partial charge in [0.25, 0.3) is 5.91 Å². The van der Waals surface area contributed by atoms with Crippen molar-refractivity contribution in [2.45, 2.75) is 12.5 Å². The molecule has 2 aromatic heterocycles. The summed E-state index contributed by atoms with van der Waals surface area (Å²) >= 11 is 3.12. The summed E-state index contributed by atoms with van der Waals surface area (Å²) in [6.07, 6.45) is 2.80. The number of rotatable bonds is 3. The predicted octanol–water partition coefficient (Wildman–Crippen LogP) is 2.21. The fraction of sp³-hybridized carbons (Fsp3) is 0.333. The van der Waals surface area contributed by atoms with Crippen molar-refractivity contribution in [3.05, 3.63) is 34.0 Å². The molecule has 3 heterocycles. The Morgan fingerprint density at radius 2 is 2.39 bits per heavy atom. The van der Waals surface area contributed by atoms with Crippen LogP contribution in [0.15, 0.2) is 29.1 Å². The van der Waals surface area contributed by atoms with Gasteiger partial charge in [-0.05, 0) is 17.9 Å². The van der Waals surface area contributed by atoms with Crippen LogP contribution in [0.25, 0.3) is 0 Å². The maximum atomic E-state index is 11.9. The summed E-state index contributed by atoms with van der Waals surface area (Å²) in [5.41, 5.74) is 0. The molecule has 4 nitrogen and oxygen atoms in total. The summed E-state index contributed by atoms with van der Waals surface area (Å²) < 4.78 is 0. The first-order valence-corrected chi connectivity index (χ1v) is 7.57. The van der Waals surface area contributed by atoms with Crippen LogP contribution in [0.2, 0.25) is 0 Å². The summed E-state index contributed by atoms with van der Waals surface area (Å²) in [4.78, 5) is 19.2. The topological polar surface area (TPSA) is 45.2 Å². The van der Waals surface area contributed by atoms with Crippen LogP contribution in [0.1, 0.15) is 16.1 Å². The van der Waals surface area contributed by atoms with Crippen LogP contribution < -0.4 is 10.2 Å². The number of aromatic nitrogens is 1. The van der Waals surface area contributed by atoms with Gasteiger partial charge in [0.2, 0.25) is 0 Å². The summed E-state index contributed by atoms with van der Waals surface area (Å²) in [5, 5.41) is 8.03. The van der Waals surface area contributed by atoms with E-state index in [1.807, 2.05) is 29.1 Å². The number of thiazole rings is 1. The maximum Gasteiger partial charge on any atom is 0.261 e. The third-order valence-electron chi connectivity index (χ3n) is 2.96. The lowest BCUT2D eigenvalue weighted by molar-refractivity contribution is 0.0944. The van der Waals surface area contributed by atoms with Crippen LogP contribution in [-0.4, -0.2) is 30.0 Å². The molecule has 94 valence electrons. The molecule has 2 aromatic rings. The van der Waals surface area contributed by atoms with Crippen molar-refractivity contribution < 1.29 is 4.79 Å². The second kappa shape index (κ2) is 5.07. The smallest absolute Gasteiger partial charge is 0.261 e. The Morgan fingerprint density at radius 3 is 3.11 bits per heavy atom. The maximum absolute atomic E-state index is 11.9. The molecule has 1 amide bonds.